The van der Waals surface area contributed by atoms with Gasteiger partial charge in [0.05, 0.1) is 43.3 Å². The number of hydrogen-bond donors (Lipinski definition) is 4. The zero-order chi connectivity index (χ0) is 71.9. The molecule has 29 nitrogen and oxygen atoms in total. The number of nitrogens with one attached hydrogen (secondary N) is 4. The Hall–Kier alpha value is -5.48. The van der Waals surface area contributed by atoms with Crippen molar-refractivity contribution in [2.45, 2.75) is 171 Å². The van der Waals surface area contributed by atoms with Gasteiger partial charge in [0.25, 0.3) is 16.7 Å². The summed E-state index contributed by atoms with van der Waals surface area (Å²) in [4.78, 5) is 92.0. The van der Waals surface area contributed by atoms with Gasteiger partial charge in [-0.1, -0.05) is 28.7 Å². The predicted molar refractivity (Wildman–Crippen MR) is 407 cm³/mol. The second-order valence-electron chi connectivity index (χ2n) is 26.8. The van der Waals surface area contributed by atoms with Gasteiger partial charge < -0.3 is 40.4 Å². The number of halogens is 5. The summed E-state index contributed by atoms with van der Waals surface area (Å²) in [6, 6.07) is 0.111. The lowest BCUT2D eigenvalue weighted by atomic mass is 9.97. The summed E-state index contributed by atoms with van der Waals surface area (Å²) in [6.45, 7) is 22.3. The molecule has 6 aromatic rings. The van der Waals surface area contributed by atoms with Crippen LogP contribution in [0.4, 0.5) is 22.2 Å². The molecule has 0 radical (unpaired) electrons. The molecule has 4 N–H and O–H groups in total. The highest BCUT2D eigenvalue weighted by Gasteiger charge is 2.36. The number of sulfonamides is 1. The number of ether oxygens (including phenoxy) is 3. The fourth-order valence-electron chi connectivity index (χ4n) is 12.1. The van der Waals surface area contributed by atoms with Crippen LogP contribution in [0.1, 0.15) is 165 Å². The average Bonchev–Trinajstić information content (AvgIpc) is 1.33. The lowest BCUT2D eigenvalue weighted by Crippen LogP contribution is -2.42. The third kappa shape index (κ3) is 24.8. The van der Waals surface area contributed by atoms with Gasteiger partial charge in [0.2, 0.25) is 34.9 Å². The van der Waals surface area contributed by atoms with E-state index in [4.69, 9.17) is 55.0 Å². The number of fused-ring (bicyclic) bond motifs is 3. The highest BCUT2D eigenvalue weighted by molar-refractivity contribution is 8.13. The number of carbonyl (C=O) groups is 1. The number of likely N-dealkylation sites (tertiary alicyclic amines) is 1. The van der Waals surface area contributed by atoms with Crippen LogP contribution in [0.5, 0.6) is 0 Å². The normalized spacial score (nSPS) is 17.8. The maximum Gasteiger partial charge on any atom is 0.410 e. The quantitative estimate of drug-likeness (QED) is 0.0362. The molecular weight excluding hydrogens is 1460 g/mol. The van der Waals surface area contributed by atoms with Gasteiger partial charge in [-0.25, -0.2) is 55.8 Å². The molecule has 6 fully saturated rings. The standard InChI is InChI=1S/C22H31ClN6O3.C20H29ClN6O4S.C17H23ClN6O.C3H7ClO3S.C2H6.2CH4.ClH/c1-13(15-5-6-15)29-18-16(12-25-20(23)27-18)26-17(19(29)30)24-11-14-7-9-28(10-8-14)21(31)32-22(2,3)4;1-13(15-3-4-15)27-18-16(12-23-20(21)25-18)24-17(19(27)28)22-11-14-5-7-26(8-6-14)32(29,30)10-9-31-2;1-10(12-2-3-12)24-15-13(9-21-17(18)23-15)22-14(16(24)25)20-8-11-4-6-19-7-5-11;1-7-2-3-8(4,5)6;1-2;;;/h12-15H,5-11H2,1-4H3,(H,24,26);12-15H,3-11H2,1-2H3,(H,22,24);9-12,19H,2-8H2,1H3,(H,20,22);2-3H2,1H3;1-2H3;2*1H4;1H/t2*13-;10-;;;;;/m000...../s1. The van der Waals surface area contributed by atoms with Gasteiger partial charge >= 0.3 is 6.09 Å². The third-order valence-electron chi connectivity index (χ3n) is 18.4. The van der Waals surface area contributed by atoms with Crippen LogP contribution in [-0.4, -0.2) is 194 Å². The van der Waals surface area contributed by atoms with Crippen molar-refractivity contribution in [1.82, 2.24) is 73.1 Å². The Morgan fingerprint density at radius 2 is 0.873 bits per heavy atom. The molecule has 3 aliphatic heterocycles. The van der Waals surface area contributed by atoms with E-state index < -0.39 is 24.7 Å². The average molecular weight is 1570 g/mol. The van der Waals surface area contributed by atoms with Crippen LogP contribution in [0.2, 0.25) is 15.9 Å². The molecule has 3 aliphatic carbocycles. The van der Waals surface area contributed by atoms with E-state index in [1.54, 1.807) is 31.0 Å². The lowest BCUT2D eigenvalue weighted by Gasteiger charge is -2.33. The minimum atomic E-state index is -3.34. The van der Waals surface area contributed by atoms with E-state index in [1.165, 1.54) is 24.7 Å². The van der Waals surface area contributed by atoms with E-state index in [1.807, 2.05) is 48.5 Å². The van der Waals surface area contributed by atoms with E-state index in [0.29, 0.717) is 114 Å². The van der Waals surface area contributed by atoms with E-state index in [9.17, 15) is 36.0 Å². The zero-order valence-corrected chi connectivity index (χ0v) is 64.1. The van der Waals surface area contributed by atoms with Crippen molar-refractivity contribution < 1.29 is 35.8 Å². The minimum Gasteiger partial charge on any atom is -0.444 e. The maximum absolute atomic E-state index is 13.3. The van der Waals surface area contributed by atoms with Crippen LogP contribution in [0.3, 0.4) is 0 Å². The number of carbonyl (C=O) groups excluding carboxylic acids is 1. The summed E-state index contributed by atoms with van der Waals surface area (Å²) < 4.78 is 66.3. The monoisotopic (exact) mass is 1560 g/mol. The summed E-state index contributed by atoms with van der Waals surface area (Å²) in [5, 5.41) is 13.4. The molecular formula is C66H105Cl5N18O11S2. The summed E-state index contributed by atoms with van der Waals surface area (Å²) in [5.41, 5.74) is 2.11. The molecule has 0 bridgehead atoms. The van der Waals surface area contributed by atoms with Crippen molar-refractivity contribution >= 4 is 134 Å². The molecule has 0 unspecified atom stereocenters. The molecule has 3 saturated heterocycles. The Morgan fingerprint density at radius 1 is 0.549 bits per heavy atom. The maximum atomic E-state index is 13.3. The Kier molecular flexibility index (Phi) is 34.0. The number of rotatable bonds is 22. The van der Waals surface area contributed by atoms with Gasteiger partial charge in [0.1, 0.15) is 22.2 Å². The number of aromatic nitrogens is 12. The highest BCUT2D eigenvalue weighted by Crippen LogP contribution is 2.42. The first-order chi connectivity index (χ1) is 47.1. The van der Waals surface area contributed by atoms with Crippen molar-refractivity contribution in [3.05, 3.63) is 65.5 Å². The van der Waals surface area contributed by atoms with Crippen molar-refractivity contribution in [2.75, 3.05) is 114 Å². The molecule has 36 heteroatoms. The SMILES string of the molecule is C.C.CC.COCCS(=O)(=O)Cl.COCCS(=O)(=O)N1CCC(CNc2nc3cnc(Cl)nc3n([C@@H](C)C3CC3)c2=O)CC1.C[C@@H](C1CC1)n1c(=O)c(NCC2CCN(C(=O)OC(C)(C)C)CC2)nc2cnc(Cl)nc21.C[C@@H](C1CC1)n1c(=O)c(NCC2CCNCC2)nc2cnc(Cl)nc21.Cl. The molecule has 572 valence electrons. The molecule has 102 heavy (non-hydrogen) atoms. The zero-order valence-electron chi connectivity index (χ0n) is 58.6. The smallest absolute Gasteiger partial charge is 0.410 e. The molecule has 1 amide bonds. The molecule has 3 atom stereocenters. The summed E-state index contributed by atoms with van der Waals surface area (Å²) in [7, 11) is 1.09. The molecule has 6 aliphatic rings. The van der Waals surface area contributed by atoms with Crippen LogP contribution in [0.25, 0.3) is 33.5 Å². The number of piperidine rings is 3. The fourth-order valence-corrected chi connectivity index (χ4v) is 14.5. The first kappa shape index (κ1) is 87.2. The number of methoxy groups -OCH3 is 2. The first-order valence-corrected chi connectivity index (χ1v) is 39.5. The van der Waals surface area contributed by atoms with Gasteiger partial charge in [-0.2, -0.15) is 15.0 Å². The van der Waals surface area contributed by atoms with Crippen LogP contribution < -0.4 is 37.9 Å². The number of amides is 1. The van der Waals surface area contributed by atoms with Gasteiger partial charge in [-0.15, -0.1) is 12.4 Å². The fraction of sp³-hybridized carbons (Fsp3) is 0.712. The summed E-state index contributed by atoms with van der Waals surface area (Å²) in [5.74, 6) is 3.44. The molecule has 12 rings (SSSR count). The van der Waals surface area contributed by atoms with Gasteiger partial charge in [0.15, 0.2) is 34.4 Å². The highest BCUT2D eigenvalue weighted by atomic mass is 35.7. The van der Waals surface area contributed by atoms with Gasteiger partial charge in [0, 0.05) is 88.8 Å². The van der Waals surface area contributed by atoms with Crippen LogP contribution in [0.15, 0.2) is 33.0 Å². The van der Waals surface area contributed by atoms with Crippen molar-refractivity contribution in [3.63, 3.8) is 0 Å². The number of anilines is 3. The van der Waals surface area contributed by atoms with Crippen LogP contribution in [0, 0.1) is 35.5 Å². The van der Waals surface area contributed by atoms with Crippen molar-refractivity contribution in [3.8, 4) is 0 Å². The largest absolute Gasteiger partial charge is 0.444 e. The topological polar surface area (TPSA) is 350 Å². The Morgan fingerprint density at radius 3 is 1.18 bits per heavy atom. The van der Waals surface area contributed by atoms with E-state index >= 15 is 0 Å². The molecule has 6 aromatic heterocycles. The molecule has 3 saturated carbocycles. The predicted octanol–water partition coefficient (Wildman–Crippen LogP) is 10.9. The molecule has 0 aromatic carbocycles. The number of nitrogens with zero attached hydrogens (tertiary/aromatic N) is 14. The van der Waals surface area contributed by atoms with Crippen molar-refractivity contribution in [1.29, 1.82) is 0 Å². The summed E-state index contributed by atoms with van der Waals surface area (Å²) >= 11 is 17.9. The Labute approximate surface area is 624 Å². The Balaban J connectivity index is 0.000000256. The first-order valence-electron chi connectivity index (χ1n) is 34.2. The Bertz CT molecular complexity index is 4130. The van der Waals surface area contributed by atoms with Gasteiger partial charge in [-0.05, 0) is 202 Å². The second kappa shape index (κ2) is 39.8. The third-order valence-corrected chi connectivity index (χ3v) is 21.9. The van der Waals surface area contributed by atoms with Crippen LogP contribution in [-0.2, 0) is 33.3 Å². The second-order valence-corrected chi connectivity index (χ2v) is 32.8. The summed E-state index contributed by atoms with van der Waals surface area (Å²) in [6.07, 6.45) is 16.5. The van der Waals surface area contributed by atoms with E-state index in [2.05, 4.69) is 77.8 Å². The minimum absolute atomic E-state index is 0. The lowest BCUT2D eigenvalue weighted by molar-refractivity contribution is 0.0188. The van der Waals surface area contributed by atoms with E-state index in [0.717, 1.165) is 96.7 Å². The van der Waals surface area contributed by atoms with Gasteiger partial charge in [-0.3, -0.25) is 28.1 Å². The number of hydrogen-bond acceptors (Lipinski definition) is 24. The van der Waals surface area contributed by atoms with E-state index in [-0.39, 0.29) is 120 Å². The molecule has 9 heterocycles. The molecule has 0 spiro atoms. The van der Waals surface area contributed by atoms with Crippen LogP contribution >= 0.6 is 57.9 Å². The van der Waals surface area contributed by atoms with Crippen molar-refractivity contribution in [2.24, 2.45) is 35.5 Å².